The van der Waals surface area contributed by atoms with Crippen LogP contribution in [0.1, 0.15) is 25.7 Å². The maximum atomic E-state index is 13.9. The Hall–Kier alpha value is -3.52. The predicted octanol–water partition coefficient (Wildman–Crippen LogP) is -7.52. The van der Waals surface area contributed by atoms with Gasteiger partial charge in [0.15, 0.2) is 55.9 Å². The molecule has 61 heteroatoms. The molecule has 108 heavy (non-hydrogen) atoms. The first-order valence-electron chi connectivity index (χ1n) is 30.5. The van der Waals surface area contributed by atoms with Crippen molar-refractivity contribution in [1.29, 1.82) is 0 Å². The molecule has 0 bridgehead atoms. The zero-order chi connectivity index (χ0) is 80.7. The van der Waals surface area contributed by atoms with Crippen molar-refractivity contribution in [3.63, 3.8) is 0 Å². The first-order chi connectivity index (χ1) is 50.0. The number of fused-ring (bicyclic) bond motifs is 1. The summed E-state index contributed by atoms with van der Waals surface area (Å²) >= 11 is 1.61. The summed E-state index contributed by atoms with van der Waals surface area (Å²) in [7, 11) is -34.9. The van der Waals surface area contributed by atoms with E-state index in [0.717, 1.165) is 35.5 Å². The number of carboxylic acid groups (broad SMARTS) is 2. The van der Waals surface area contributed by atoms with E-state index in [9.17, 15) is 120 Å². The van der Waals surface area contributed by atoms with Gasteiger partial charge >= 0.3 is 90.8 Å². The van der Waals surface area contributed by atoms with Crippen LogP contribution in [0, 0.1) is 0 Å². The molecule has 0 aromatic heterocycles. The van der Waals surface area contributed by atoms with Crippen LogP contribution in [0.3, 0.4) is 0 Å². The van der Waals surface area contributed by atoms with Gasteiger partial charge in [0.25, 0.3) is 0 Å². The van der Waals surface area contributed by atoms with Gasteiger partial charge in [0, 0.05) is 67.2 Å². The van der Waals surface area contributed by atoms with Crippen molar-refractivity contribution >= 4 is 108 Å². The predicted molar refractivity (Wildman–Crippen MR) is 334 cm³/mol. The van der Waals surface area contributed by atoms with Gasteiger partial charge in [-0.3, -0.25) is 36.7 Å². The van der Waals surface area contributed by atoms with Crippen LogP contribution in [0.4, 0.5) is 4.79 Å². The van der Waals surface area contributed by atoms with Crippen LogP contribution < -0.4 is 16.0 Å². The number of nitrogens with one attached hydrogen (secondary N) is 3. The number of methoxy groups -OCH3 is 7. The van der Waals surface area contributed by atoms with E-state index in [1.165, 1.54) is 0 Å². The molecule has 0 unspecified atom stereocenters. The van der Waals surface area contributed by atoms with Crippen molar-refractivity contribution < 1.29 is 225 Å². The summed E-state index contributed by atoms with van der Waals surface area (Å²) in [6.07, 6.45) is -57.9. The standard InChI is InChI=1S/C47H77N3O50S8/c1-78-24-17(12-85-102(57,58)59)88-42(23(27(24)79-2)49-21(51)11-9-8-10-20-22-16(15-101-20)48-47(56)50-22)93-30-28(80-3)36(82-5)44(95-34(30)40(52)53)92-26-19(14-87-104(63,64)65)90-46(39(100-108(75,76)77)33(26)98-106(69,70)71)94-31-29(81-4)37(83-6)45(96-35(31)41(54)55)91-25-18(13-86-103(60,61)62)89-43(84-7)38(99-107(72,73)74)32(25)97-105(66,67)68/h16-20,22-39,42-46H,8-15H2,1-7H3,(H,49,51)(H,52,53)(H,54,55)(H2,48,50,56)(H,57,58,59)(H,60,61,62)(H,63,64,65)(H,66,67,68)(H,69,70,71)(H,72,73,74)(H,75,76,77)/t16-,17+,18+,19+,20-,22-,23+,24+,25+,26+,27+,28-,29-,30-,31-,32-,33-,34-,35+,36+,37+,38+,39+,42+,43-,44+,45+,46+/m0/s1. The van der Waals surface area contributed by atoms with Crippen LogP contribution in [-0.4, -0.2) is 371 Å². The molecule has 7 rings (SSSR count). The Balaban J connectivity index is 1.25. The first-order valence-corrected chi connectivity index (χ1v) is 41.2. The molecule has 0 aliphatic carbocycles. The average Bonchev–Trinajstić information content (AvgIpc) is 0.784. The van der Waals surface area contributed by atoms with Crippen molar-refractivity contribution in [3.8, 4) is 0 Å². The van der Waals surface area contributed by atoms with Gasteiger partial charge < -0.3 is 102 Å². The van der Waals surface area contributed by atoms with E-state index in [0.29, 0.717) is 32.8 Å². The number of carbonyl (C=O) groups is 4. The number of aliphatic carboxylic acids is 2. The Labute approximate surface area is 618 Å². The lowest BCUT2D eigenvalue weighted by Crippen LogP contribution is -2.70. The SMILES string of the molecule is CO[C@H]1O[C@H](COS(=O)(=O)O)[C@@H](O[C@@H]2O[C@@H](C(=O)O)[C@@H](O[C@H]3O[C@H](COS(=O)(=O)O)[C@@H](O[C@@H]4O[C@H](C(=O)O)[C@@H](O[C@H]5O[C@H](COS(=O)(=O)O)[C@@H](OC)[C@H](OC)[C@H]5NC(=O)CCCC[C@@H]5SC[C@@H]6NC(=O)N[C@@H]65)[C@H](OC)[C@H]4OC)[C@H](OS(=O)(=O)O)[C@H]3OS(=O)(=O)O)[C@H](OC)[C@H]2OC)[C@H](OS(=O)(=O)O)[C@H]1OS(=O)(=O)O. The maximum absolute atomic E-state index is 13.9. The molecule has 0 aromatic carbocycles. The minimum Gasteiger partial charge on any atom is -0.479 e. The summed E-state index contributed by atoms with van der Waals surface area (Å²) in [6.45, 7) is -4.46. The molecule has 628 valence electrons. The van der Waals surface area contributed by atoms with Crippen LogP contribution >= 0.6 is 11.8 Å². The molecule has 12 N–H and O–H groups in total. The average molecular weight is 1740 g/mol. The normalized spacial score (nSPS) is 37.4. The van der Waals surface area contributed by atoms with Gasteiger partial charge in [-0.1, -0.05) is 6.42 Å². The lowest BCUT2D eigenvalue weighted by molar-refractivity contribution is -0.385. The van der Waals surface area contributed by atoms with Gasteiger partial charge in [-0.15, -0.1) is 0 Å². The number of unbranched alkanes of at least 4 members (excludes halogenated alkanes) is 1. The number of urea groups is 1. The van der Waals surface area contributed by atoms with E-state index in [-0.39, 0.29) is 36.2 Å². The molecular formula is C47H77N3O50S8. The highest BCUT2D eigenvalue weighted by molar-refractivity contribution is 8.00. The van der Waals surface area contributed by atoms with Gasteiger partial charge in [0.2, 0.25) is 5.91 Å². The molecule has 0 spiro atoms. The molecule has 7 saturated heterocycles. The number of carbonyl (C=O) groups excluding carboxylic acids is 2. The second-order valence-corrected chi connectivity index (χ2v) is 32.3. The zero-order valence-electron chi connectivity index (χ0n) is 56.4. The summed E-state index contributed by atoms with van der Waals surface area (Å²) in [6, 6.07) is -2.24. The van der Waals surface area contributed by atoms with Gasteiger partial charge in [-0.2, -0.15) is 70.7 Å². The van der Waals surface area contributed by atoms with Crippen LogP contribution in [0.2, 0.25) is 0 Å². The molecule has 7 aliphatic rings. The molecule has 7 heterocycles. The van der Waals surface area contributed by atoms with Gasteiger partial charge in [-0.25, -0.2) is 43.7 Å². The Kier molecular flexibility index (Phi) is 32.1. The van der Waals surface area contributed by atoms with Crippen molar-refractivity contribution in [2.45, 2.75) is 196 Å². The van der Waals surface area contributed by atoms with Crippen LogP contribution in [0.15, 0.2) is 0 Å². The van der Waals surface area contributed by atoms with E-state index in [1.54, 1.807) is 11.8 Å². The number of rotatable bonds is 40. The third-order valence-electron chi connectivity index (χ3n) is 16.8. The summed E-state index contributed by atoms with van der Waals surface area (Å²) in [5, 5.41) is 30.1. The summed E-state index contributed by atoms with van der Waals surface area (Å²) in [4.78, 5) is 53.0. The maximum Gasteiger partial charge on any atom is 0.397 e. The van der Waals surface area contributed by atoms with E-state index >= 15 is 0 Å². The molecule has 53 nitrogen and oxygen atoms in total. The minimum atomic E-state index is -6.25. The molecule has 0 saturated carbocycles. The number of hydrogen-bond acceptors (Lipinski definition) is 42. The fraction of sp³-hybridized carbons (Fsp3) is 0.915. The third-order valence-corrected chi connectivity index (χ3v) is 21.5. The topological polar surface area (TPSA) is 738 Å². The highest BCUT2D eigenvalue weighted by atomic mass is 32.3. The number of thioether (sulfide) groups is 1. The smallest absolute Gasteiger partial charge is 0.397 e. The molecule has 28 atom stereocenters. The van der Waals surface area contributed by atoms with E-state index in [2.05, 4.69) is 36.9 Å². The monoisotopic (exact) mass is 1740 g/mol. The second-order valence-electron chi connectivity index (χ2n) is 23.5. The van der Waals surface area contributed by atoms with Gasteiger partial charge in [0.05, 0.1) is 31.9 Å². The van der Waals surface area contributed by atoms with E-state index < -0.39 is 264 Å². The van der Waals surface area contributed by atoms with Crippen LogP contribution in [-0.2, 0) is 192 Å². The number of amides is 3. The minimum absolute atomic E-state index is 0.0101. The first kappa shape index (κ1) is 91.7. The molecule has 0 aromatic rings. The fourth-order valence-corrected chi connectivity index (χ4v) is 17.1. The fourth-order valence-electron chi connectivity index (χ4n) is 12.7. The summed E-state index contributed by atoms with van der Waals surface area (Å²) in [5.74, 6) is -4.44. The van der Waals surface area contributed by atoms with Crippen molar-refractivity contribution in [2.75, 3.05) is 75.3 Å². The Morgan fingerprint density at radius 2 is 0.778 bits per heavy atom. The molecule has 3 amide bonds. The Morgan fingerprint density at radius 3 is 1.17 bits per heavy atom. The van der Waals surface area contributed by atoms with Crippen LogP contribution in [0.5, 0.6) is 0 Å². The molecule has 0 radical (unpaired) electrons. The highest BCUT2D eigenvalue weighted by Gasteiger charge is 2.63. The summed E-state index contributed by atoms with van der Waals surface area (Å²) < 4.78 is 365. The number of hydrogen-bond donors (Lipinski definition) is 12. The van der Waals surface area contributed by atoms with Crippen LogP contribution in [0.25, 0.3) is 0 Å². The largest absolute Gasteiger partial charge is 0.479 e. The van der Waals surface area contributed by atoms with Crippen molar-refractivity contribution in [1.82, 2.24) is 16.0 Å². The summed E-state index contributed by atoms with van der Waals surface area (Å²) in [5.41, 5.74) is 0. The van der Waals surface area contributed by atoms with Crippen molar-refractivity contribution in [3.05, 3.63) is 0 Å². The van der Waals surface area contributed by atoms with Crippen molar-refractivity contribution in [2.24, 2.45) is 0 Å². The number of carboxylic acids is 2. The molecular weight excluding hydrogens is 1660 g/mol. The van der Waals surface area contributed by atoms with E-state index in [4.69, 9.17) is 84.2 Å². The molecule has 7 aliphatic heterocycles. The Bertz CT molecular complexity index is 3900. The highest BCUT2D eigenvalue weighted by Crippen LogP contribution is 2.42. The number of ether oxygens (including phenoxy) is 16. The Morgan fingerprint density at radius 1 is 0.417 bits per heavy atom. The van der Waals surface area contributed by atoms with E-state index in [1.807, 2.05) is 0 Å². The second kappa shape index (κ2) is 37.8. The molecule has 7 fully saturated rings. The lowest BCUT2D eigenvalue weighted by atomic mass is 9.94. The van der Waals surface area contributed by atoms with Gasteiger partial charge in [0.1, 0.15) is 97.6 Å². The van der Waals surface area contributed by atoms with Gasteiger partial charge in [-0.05, 0) is 12.8 Å². The lowest BCUT2D eigenvalue weighted by Gasteiger charge is -2.51. The third kappa shape index (κ3) is 25.2. The quantitative estimate of drug-likeness (QED) is 0.0154. The zero-order valence-corrected chi connectivity index (χ0v) is 62.9.